The first-order valence-electron chi connectivity index (χ1n) is 3.33. The number of halogens is 2. The van der Waals surface area contributed by atoms with Crippen LogP contribution in [0.2, 0.25) is 0 Å². The normalized spacial score (nSPS) is 10.7. The Labute approximate surface area is 73.9 Å². The van der Waals surface area contributed by atoms with Crippen LogP contribution >= 0.6 is 15.9 Å². The van der Waals surface area contributed by atoms with Crippen molar-refractivity contribution in [1.82, 2.24) is 0 Å². The molecule has 0 aliphatic rings. The topological polar surface area (TPSA) is 0 Å². The third-order valence-electron chi connectivity index (χ3n) is 1.38. The van der Waals surface area contributed by atoms with E-state index in [0.29, 0.717) is 6.42 Å². The molecule has 0 fully saturated rings. The van der Waals surface area contributed by atoms with Gasteiger partial charge in [-0.25, -0.2) is 4.39 Å². The van der Waals surface area contributed by atoms with Crippen molar-refractivity contribution in [2.75, 3.05) is 0 Å². The van der Waals surface area contributed by atoms with Crippen LogP contribution in [0.5, 0.6) is 0 Å². The maximum Gasteiger partial charge on any atom is 0.126 e. The van der Waals surface area contributed by atoms with Gasteiger partial charge in [0, 0.05) is 0 Å². The minimum absolute atomic E-state index is 0.141. The largest absolute Gasteiger partial charge is 0.207 e. The smallest absolute Gasteiger partial charge is 0.126 e. The molecule has 0 saturated heterocycles. The highest BCUT2D eigenvalue weighted by Gasteiger charge is 1.95. The van der Waals surface area contributed by atoms with E-state index in [-0.39, 0.29) is 5.82 Å². The van der Waals surface area contributed by atoms with Crippen molar-refractivity contribution in [2.24, 2.45) is 0 Å². The number of benzene rings is 1. The first-order chi connectivity index (χ1) is 5.34. The summed E-state index contributed by atoms with van der Waals surface area (Å²) in [5, 5.41) is 0. The summed E-state index contributed by atoms with van der Waals surface area (Å²) in [7, 11) is 0. The van der Waals surface area contributed by atoms with Gasteiger partial charge >= 0.3 is 0 Å². The summed E-state index contributed by atoms with van der Waals surface area (Å²) in [6.45, 7) is 0. The number of allylic oxidation sites excluding steroid dienone is 1. The highest BCUT2D eigenvalue weighted by Crippen LogP contribution is 2.07. The molecule has 0 N–H and O–H groups in total. The molecule has 0 unspecified atom stereocenters. The van der Waals surface area contributed by atoms with Gasteiger partial charge in [0.15, 0.2) is 0 Å². The van der Waals surface area contributed by atoms with Crippen LogP contribution in [0.3, 0.4) is 0 Å². The Balaban J connectivity index is 2.77. The van der Waals surface area contributed by atoms with Crippen LogP contribution in [0.25, 0.3) is 0 Å². The van der Waals surface area contributed by atoms with Gasteiger partial charge in [0.25, 0.3) is 0 Å². The molecule has 0 spiro atoms. The van der Waals surface area contributed by atoms with Gasteiger partial charge in [-0.2, -0.15) is 0 Å². The SMILES string of the molecule is Fc1ccccc1CC=CBr. The van der Waals surface area contributed by atoms with Gasteiger partial charge < -0.3 is 0 Å². The quantitative estimate of drug-likeness (QED) is 0.710. The highest BCUT2D eigenvalue weighted by molar-refractivity contribution is 9.11. The summed E-state index contributed by atoms with van der Waals surface area (Å²) in [5.41, 5.74) is 0.725. The number of rotatable bonds is 2. The Kier molecular flexibility index (Phi) is 3.30. The molecule has 0 heterocycles. The third-order valence-corrected chi connectivity index (χ3v) is 1.76. The Hall–Kier alpha value is -0.630. The maximum atomic E-state index is 12.9. The van der Waals surface area contributed by atoms with Gasteiger partial charge in [-0.1, -0.05) is 40.2 Å². The first-order valence-corrected chi connectivity index (χ1v) is 4.25. The van der Waals surface area contributed by atoms with E-state index in [4.69, 9.17) is 0 Å². The second kappa shape index (κ2) is 4.29. The lowest BCUT2D eigenvalue weighted by molar-refractivity contribution is 0.615. The van der Waals surface area contributed by atoms with Crippen molar-refractivity contribution in [1.29, 1.82) is 0 Å². The van der Waals surface area contributed by atoms with Crippen molar-refractivity contribution >= 4 is 15.9 Å². The molecule has 0 radical (unpaired) electrons. The van der Waals surface area contributed by atoms with Gasteiger partial charge in [-0.3, -0.25) is 0 Å². The maximum absolute atomic E-state index is 12.9. The van der Waals surface area contributed by atoms with Crippen LogP contribution in [-0.4, -0.2) is 0 Å². The molecule has 0 aliphatic carbocycles. The molecule has 0 atom stereocenters. The van der Waals surface area contributed by atoms with E-state index in [9.17, 15) is 4.39 Å². The predicted octanol–water partition coefficient (Wildman–Crippen LogP) is 3.28. The molecule has 0 amide bonds. The molecular weight excluding hydrogens is 207 g/mol. The lowest BCUT2D eigenvalue weighted by atomic mass is 10.1. The van der Waals surface area contributed by atoms with E-state index in [1.807, 2.05) is 12.1 Å². The second-order valence-corrected chi connectivity index (χ2v) is 2.69. The zero-order valence-electron chi connectivity index (χ0n) is 5.93. The van der Waals surface area contributed by atoms with Gasteiger partial charge in [0.2, 0.25) is 0 Å². The summed E-state index contributed by atoms with van der Waals surface area (Å²) in [5.74, 6) is -0.141. The average Bonchev–Trinajstić information content (AvgIpc) is 2.03. The molecule has 1 rings (SSSR count). The predicted molar refractivity (Wildman–Crippen MR) is 48.2 cm³/mol. The molecule has 58 valence electrons. The van der Waals surface area contributed by atoms with Crippen molar-refractivity contribution in [3.8, 4) is 0 Å². The lowest BCUT2D eigenvalue weighted by Gasteiger charge is -1.96. The summed E-state index contributed by atoms with van der Waals surface area (Å²) in [6.07, 6.45) is 2.50. The summed E-state index contributed by atoms with van der Waals surface area (Å²) in [4.78, 5) is 1.74. The third kappa shape index (κ3) is 2.46. The Morgan fingerprint density at radius 1 is 1.36 bits per heavy atom. The van der Waals surface area contributed by atoms with Crippen LogP contribution in [0.4, 0.5) is 4.39 Å². The number of hydrogen-bond donors (Lipinski definition) is 0. The van der Waals surface area contributed by atoms with Gasteiger partial charge in [-0.15, -0.1) is 0 Å². The van der Waals surface area contributed by atoms with Crippen LogP contribution in [0.15, 0.2) is 35.3 Å². The molecular formula is C9H8BrF. The van der Waals surface area contributed by atoms with Gasteiger partial charge in [-0.05, 0) is 23.0 Å². The highest BCUT2D eigenvalue weighted by atomic mass is 79.9. The van der Waals surface area contributed by atoms with Crippen molar-refractivity contribution in [2.45, 2.75) is 6.42 Å². The lowest BCUT2D eigenvalue weighted by Crippen LogP contribution is -1.85. The Morgan fingerprint density at radius 2 is 2.09 bits per heavy atom. The zero-order valence-corrected chi connectivity index (χ0v) is 7.51. The molecule has 0 nitrogen and oxygen atoms in total. The summed E-state index contributed by atoms with van der Waals surface area (Å²) in [6, 6.07) is 6.77. The summed E-state index contributed by atoms with van der Waals surface area (Å²) >= 11 is 3.13. The first kappa shape index (κ1) is 8.47. The fraction of sp³-hybridized carbons (Fsp3) is 0.111. The second-order valence-electron chi connectivity index (χ2n) is 2.16. The number of hydrogen-bond acceptors (Lipinski definition) is 0. The zero-order chi connectivity index (χ0) is 8.10. The molecule has 0 saturated carbocycles. The van der Waals surface area contributed by atoms with Crippen LogP contribution in [-0.2, 0) is 6.42 Å². The Morgan fingerprint density at radius 3 is 2.73 bits per heavy atom. The Bertz CT molecular complexity index is 255. The van der Waals surface area contributed by atoms with E-state index >= 15 is 0 Å². The van der Waals surface area contributed by atoms with Crippen molar-refractivity contribution in [3.63, 3.8) is 0 Å². The monoisotopic (exact) mass is 214 g/mol. The molecule has 0 aliphatic heterocycles. The van der Waals surface area contributed by atoms with E-state index in [2.05, 4.69) is 15.9 Å². The molecule has 0 bridgehead atoms. The van der Waals surface area contributed by atoms with E-state index < -0.39 is 0 Å². The van der Waals surface area contributed by atoms with Crippen molar-refractivity contribution in [3.05, 3.63) is 46.7 Å². The average molecular weight is 215 g/mol. The fourth-order valence-electron chi connectivity index (χ4n) is 0.835. The van der Waals surface area contributed by atoms with Gasteiger partial charge in [0.05, 0.1) is 0 Å². The minimum atomic E-state index is -0.141. The standard InChI is InChI=1S/C9H8BrF/c10-7-3-5-8-4-1-2-6-9(8)11/h1-4,6-7H,5H2. The van der Waals surface area contributed by atoms with Crippen LogP contribution < -0.4 is 0 Å². The van der Waals surface area contributed by atoms with E-state index in [0.717, 1.165) is 5.56 Å². The van der Waals surface area contributed by atoms with Crippen LogP contribution in [0.1, 0.15) is 5.56 Å². The van der Waals surface area contributed by atoms with Crippen LogP contribution in [0, 0.1) is 5.82 Å². The molecule has 2 heteroatoms. The minimum Gasteiger partial charge on any atom is -0.207 e. The summed E-state index contributed by atoms with van der Waals surface area (Å²) < 4.78 is 12.9. The van der Waals surface area contributed by atoms with Crippen molar-refractivity contribution < 1.29 is 4.39 Å². The molecule has 1 aromatic carbocycles. The van der Waals surface area contributed by atoms with E-state index in [1.54, 1.807) is 17.1 Å². The van der Waals surface area contributed by atoms with Gasteiger partial charge in [0.1, 0.15) is 5.82 Å². The van der Waals surface area contributed by atoms with E-state index in [1.165, 1.54) is 6.07 Å². The fourth-order valence-corrected chi connectivity index (χ4v) is 1.02. The molecule has 11 heavy (non-hydrogen) atoms. The molecule has 1 aromatic rings. The molecule has 0 aromatic heterocycles.